The first-order valence-corrected chi connectivity index (χ1v) is 8.97. The highest BCUT2D eigenvalue weighted by molar-refractivity contribution is 7.19. The van der Waals surface area contributed by atoms with E-state index in [-0.39, 0.29) is 5.56 Å². The third-order valence-electron chi connectivity index (χ3n) is 4.30. The number of aromatic amines is 1. The molecule has 3 heterocycles. The van der Waals surface area contributed by atoms with Gasteiger partial charge in [0.15, 0.2) is 11.4 Å². The molecule has 0 fully saturated rings. The highest BCUT2D eigenvalue weighted by Crippen LogP contribution is 2.36. The van der Waals surface area contributed by atoms with E-state index in [9.17, 15) is 4.79 Å². The average molecular weight is 359 g/mol. The first kappa shape index (κ1) is 15.0. The molecular formula is C20H13N3O2S. The van der Waals surface area contributed by atoms with Crippen molar-refractivity contribution in [1.82, 2.24) is 15.0 Å². The van der Waals surface area contributed by atoms with Crippen LogP contribution in [-0.4, -0.2) is 15.0 Å². The summed E-state index contributed by atoms with van der Waals surface area (Å²) < 4.78 is 5.74. The van der Waals surface area contributed by atoms with Crippen molar-refractivity contribution in [3.8, 4) is 22.8 Å². The van der Waals surface area contributed by atoms with E-state index in [2.05, 4.69) is 15.0 Å². The van der Waals surface area contributed by atoms with Crippen LogP contribution in [0.2, 0.25) is 0 Å². The predicted octanol–water partition coefficient (Wildman–Crippen LogP) is 4.77. The summed E-state index contributed by atoms with van der Waals surface area (Å²) in [6.45, 7) is 2.01. The average Bonchev–Trinajstić information content (AvgIpc) is 3.23. The minimum Gasteiger partial charge on any atom is -0.434 e. The lowest BCUT2D eigenvalue weighted by atomic mass is 10.0. The van der Waals surface area contributed by atoms with Crippen LogP contribution in [0.25, 0.3) is 44.2 Å². The Labute approximate surface area is 152 Å². The zero-order chi connectivity index (χ0) is 17.7. The number of para-hydroxylation sites is 2. The Morgan fingerprint density at radius 2 is 1.77 bits per heavy atom. The van der Waals surface area contributed by atoms with Crippen LogP contribution in [-0.2, 0) is 0 Å². The maximum absolute atomic E-state index is 12.8. The summed E-state index contributed by atoms with van der Waals surface area (Å²) in [5, 5.41) is 0.610. The van der Waals surface area contributed by atoms with Gasteiger partial charge in [0.05, 0.1) is 5.39 Å². The largest absolute Gasteiger partial charge is 0.434 e. The van der Waals surface area contributed by atoms with E-state index < -0.39 is 0 Å². The highest BCUT2D eigenvalue weighted by atomic mass is 32.1. The van der Waals surface area contributed by atoms with Gasteiger partial charge in [-0.3, -0.25) is 4.79 Å². The van der Waals surface area contributed by atoms with Crippen LogP contribution in [0.15, 0.2) is 63.8 Å². The van der Waals surface area contributed by atoms with E-state index >= 15 is 0 Å². The van der Waals surface area contributed by atoms with Crippen LogP contribution in [0.4, 0.5) is 0 Å². The van der Waals surface area contributed by atoms with Crippen LogP contribution in [0, 0.1) is 6.92 Å². The minimum absolute atomic E-state index is 0.185. The van der Waals surface area contributed by atoms with E-state index in [0.29, 0.717) is 27.5 Å². The zero-order valence-corrected chi connectivity index (χ0v) is 14.6. The number of hydrogen-bond acceptors (Lipinski definition) is 5. The molecule has 26 heavy (non-hydrogen) atoms. The third-order valence-corrected chi connectivity index (χ3v) is 5.30. The number of fused-ring (bicyclic) bond motifs is 2. The van der Waals surface area contributed by atoms with Crippen molar-refractivity contribution in [1.29, 1.82) is 0 Å². The molecule has 5 rings (SSSR count). The lowest BCUT2D eigenvalue weighted by Crippen LogP contribution is -2.09. The molecule has 0 saturated carbocycles. The molecule has 126 valence electrons. The molecule has 0 saturated heterocycles. The van der Waals surface area contributed by atoms with Gasteiger partial charge in [0, 0.05) is 10.4 Å². The molecule has 0 aliphatic rings. The van der Waals surface area contributed by atoms with Crippen LogP contribution in [0.1, 0.15) is 4.88 Å². The maximum atomic E-state index is 12.8. The molecule has 0 aliphatic heterocycles. The fourth-order valence-corrected chi connectivity index (χ4v) is 4.19. The van der Waals surface area contributed by atoms with Crippen molar-refractivity contribution in [2.45, 2.75) is 6.92 Å². The van der Waals surface area contributed by atoms with Gasteiger partial charge in [-0.2, -0.15) is 0 Å². The number of benzene rings is 2. The monoisotopic (exact) mass is 359 g/mol. The number of nitrogens with zero attached hydrogens (tertiary/aromatic N) is 2. The highest BCUT2D eigenvalue weighted by Gasteiger charge is 2.18. The van der Waals surface area contributed by atoms with Gasteiger partial charge >= 0.3 is 0 Å². The quantitative estimate of drug-likeness (QED) is 0.493. The smallest absolute Gasteiger partial charge is 0.264 e. The molecule has 1 N–H and O–H groups in total. The minimum atomic E-state index is -0.185. The third kappa shape index (κ3) is 2.27. The predicted molar refractivity (Wildman–Crippen MR) is 103 cm³/mol. The van der Waals surface area contributed by atoms with Gasteiger partial charge in [-0.05, 0) is 24.6 Å². The Bertz CT molecular complexity index is 1280. The molecule has 0 bridgehead atoms. The van der Waals surface area contributed by atoms with Gasteiger partial charge < -0.3 is 9.40 Å². The molecule has 5 nitrogen and oxygen atoms in total. The van der Waals surface area contributed by atoms with Gasteiger partial charge in [-0.1, -0.05) is 42.5 Å². The summed E-state index contributed by atoms with van der Waals surface area (Å²) in [7, 11) is 0. The molecule has 0 amide bonds. The summed E-state index contributed by atoms with van der Waals surface area (Å²) in [5.74, 6) is 0.664. The van der Waals surface area contributed by atoms with Crippen LogP contribution in [0.5, 0.6) is 0 Å². The van der Waals surface area contributed by atoms with Crippen molar-refractivity contribution in [3.63, 3.8) is 0 Å². The van der Waals surface area contributed by atoms with Crippen molar-refractivity contribution in [2.24, 2.45) is 0 Å². The Morgan fingerprint density at radius 3 is 2.58 bits per heavy atom. The van der Waals surface area contributed by atoms with E-state index in [1.54, 1.807) is 0 Å². The van der Waals surface area contributed by atoms with Gasteiger partial charge in [-0.25, -0.2) is 9.97 Å². The Balaban J connectivity index is 1.75. The number of nitrogens with one attached hydrogen (secondary N) is 1. The fraction of sp³-hybridized carbons (Fsp3) is 0.0500. The van der Waals surface area contributed by atoms with E-state index in [1.165, 1.54) is 11.3 Å². The topological polar surface area (TPSA) is 71.8 Å². The number of aryl methyl sites for hydroxylation is 1. The Kier molecular flexibility index (Phi) is 3.26. The normalized spacial score (nSPS) is 11.4. The molecule has 6 heteroatoms. The number of thiophene rings is 1. The second kappa shape index (κ2) is 5.64. The van der Waals surface area contributed by atoms with Gasteiger partial charge in [-0.15, -0.1) is 11.3 Å². The molecule has 0 radical (unpaired) electrons. The van der Waals surface area contributed by atoms with Crippen LogP contribution in [0.3, 0.4) is 0 Å². The van der Waals surface area contributed by atoms with Gasteiger partial charge in [0.1, 0.15) is 10.3 Å². The Hall–Kier alpha value is -3.25. The maximum Gasteiger partial charge on any atom is 0.264 e. The molecular weight excluding hydrogens is 346 g/mol. The number of rotatable bonds is 2. The fourth-order valence-electron chi connectivity index (χ4n) is 3.15. The Morgan fingerprint density at radius 1 is 1.00 bits per heavy atom. The van der Waals surface area contributed by atoms with Crippen molar-refractivity contribution >= 4 is 32.7 Å². The number of hydrogen-bond donors (Lipinski definition) is 1. The van der Waals surface area contributed by atoms with Gasteiger partial charge in [0.25, 0.3) is 11.4 Å². The lowest BCUT2D eigenvalue weighted by Gasteiger charge is -2.01. The second-order valence-electron chi connectivity index (χ2n) is 5.98. The number of H-pyrrole nitrogens is 1. The second-order valence-corrected chi connectivity index (χ2v) is 7.18. The van der Waals surface area contributed by atoms with Crippen molar-refractivity contribution in [2.75, 3.05) is 0 Å². The van der Waals surface area contributed by atoms with E-state index in [1.807, 2.05) is 61.5 Å². The zero-order valence-electron chi connectivity index (χ0n) is 13.8. The van der Waals surface area contributed by atoms with Gasteiger partial charge in [0.2, 0.25) is 0 Å². The summed E-state index contributed by atoms with van der Waals surface area (Å²) in [5.41, 5.74) is 3.16. The number of aromatic nitrogens is 3. The molecule has 2 aromatic carbocycles. The summed E-state index contributed by atoms with van der Waals surface area (Å²) in [4.78, 5) is 26.4. The lowest BCUT2D eigenvalue weighted by molar-refractivity contribution is 0.613. The molecule has 0 spiro atoms. The molecule has 5 aromatic rings. The molecule has 0 atom stereocenters. The first-order chi connectivity index (χ1) is 12.7. The van der Waals surface area contributed by atoms with Crippen molar-refractivity contribution < 1.29 is 4.42 Å². The van der Waals surface area contributed by atoms with E-state index in [0.717, 1.165) is 21.5 Å². The molecule has 0 aliphatic carbocycles. The van der Waals surface area contributed by atoms with Crippen LogP contribution >= 0.6 is 11.3 Å². The molecule has 3 aromatic heterocycles. The molecule has 0 unspecified atom stereocenters. The first-order valence-electron chi connectivity index (χ1n) is 8.15. The van der Waals surface area contributed by atoms with E-state index in [4.69, 9.17) is 4.42 Å². The van der Waals surface area contributed by atoms with Crippen molar-refractivity contribution in [3.05, 3.63) is 69.8 Å². The standard InChI is InChI=1S/C20H13N3O2S/c1-11-15(12-7-3-2-4-8-12)16-18(24)22-17(23-20(16)26-11)19-21-13-9-5-6-10-14(13)25-19/h2-10H,1H3,(H,22,23,24). The number of oxazole rings is 1. The summed E-state index contributed by atoms with van der Waals surface area (Å²) >= 11 is 1.50. The SMILES string of the molecule is Cc1sc2nc(-c3nc4ccccc4o3)[nH]c(=O)c2c1-c1ccccc1. The van der Waals surface area contributed by atoms with Crippen LogP contribution < -0.4 is 5.56 Å². The summed E-state index contributed by atoms with van der Waals surface area (Å²) in [6.07, 6.45) is 0. The summed E-state index contributed by atoms with van der Waals surface area (Å²) in [6, 6.07) is 17.4.